The molecule has 0 bridgehead atoms. The van der Waals surface area contributed by atoms with E-state index >= 15 is 0 Å². The molecule has 0 saturated carbocycles. The lowest BCUT2D eigenvalue weighted by Gasteiger charge is -2.24. The first kappa shape index (κ1) is 19.1. The Balaban J connectivity index is 2.57. The van der Waals surface area contributed by atoms with E-state index in [2.05, 4.69) is 0 Å². The van der Waals surface area contributed by atoms with Crippen LogP contribution < -0.4 is 10.0 Å². The number of halogens is 4. The number of carbonyl (C=O) groups is 1. The van der Waals surface area contributed by atoms with Crippen molar-refractivity contribution in [1.82, 2.24) is 0 Å². The molecule has 0 fully saturated rings. The van der Waals surface area contributed by atoms with E-state index in [1.807, 2.05) is 0 Å². The molecule has 0 atom stereocenters. The van der Waals surface area contributed by atoms with Gasteiger partial charge in [-0.05, 0) is 42.5 Å². The van der Waals surface area contributed by atoms with Gasteiger partial charge in [0.15, 0.2) is 0 Å². The molecule has 0 radical (unpaired) electrons. The van der Waals surface area contributed by atoms with Crippen molar-refractivity contribution in [2.45, 2.75) is 11.1 Å². The van der Waals surface area contributed by atoms with Crippen molar-refractivity contribution in [2.24, 2.45) is 5.73 Å². The Morgan fingerprint density at radius 2 is 1.72 bits per heavy atom. The number of primary amides is 1. The van der Waals surface area contributed by atoms with E-state index < -0.39 is 34.2 Å². The Morgan fingerprint density at radius 1 is 1.12 bits per heavy atom. The number of sulfonamides is 1. The van der Waals surface area contributed by atoms with Crippen molar-refractivity contribution in [2.75, 3.05) is 10.8 Å². The molecule has 2 aromatic carbocycles. The van der Waals surface area contributed by atoms with Gasteiger partial charge in [-0.2, -0.15) is 13.2 Å². The monoisotopic (exact) mass is 392 g/mol. The third-order valence-corrected chi connectivity index (χ3v) is 5.20. The molecule has 1 amide bonds. The number of carbonyl (C=O) groups excluding carboxylic acids is 1. The first-order chi connectivity index (χ1) is 11.5. The number of hydrogen-bond acceptors (Lipinski definition) is 3. The molecular formula is C15H12ClF3N2O3S. The largest absolute Gasteiger partial charge is 0.416 e. The molecule has 0 spiro atoms. The van der Waals surface area contributed by atoms with Crippen LogP contribution in [0.4, 0.5) is 18.9 Å². The van der Waals surface area contributed by atoms with E-state index in [4.69, 9.17) is 17.3 Å². The van der Waals surface area contributed by atoms with Crippen molar-refractivity contribution < 1.29 is 26.4 Å². The average molecular weight is 393 g/mol. The van der Waals surface area contributed by atoms with Gasteiger partial charge in [-0.1, -0.05) is 17.7 Å². The fraction of sp³-hybridized carbons (Fsp3) is 0.133. The van der Waals surface area contributed by atoms with E-state index in [9.17, 15) is 26.4 Å². The molecule has 5 nitrogen and oxygen atoms in total. The van der Waals surface area contributed by atoms with Crippen molar-refractivity contribution in [3.8, 4) is 0 Å². The summed E-state index contributed by atoms with van der Waals surface area (Å²) in [6, 6.07) is 8.59. The Kier molecular flexibility index (Phi) is 5.28. The second kappa shape index (κ2) is 6.93. The Bertz CT molecular complexity index is 884. The van der Waals surface area contributed by atoms with Crippen LogP contribution >= 0.6 is 11.6 Å². The number of anilines is 1. The minimum absolute atomic E-state index is 0.240. The van der Waals surface area contributed by atoms with Crippen LogP contribution in [0.5, 0.6) is 0 Å². The van der Waals surface area contributed by atoms with Gasteiger partial charge in [0.2, 0.25) is 5.91 Å². The third-order valence-electron chi connectivity index (χ3n) is 3.16. The number of nitrogens with zero attached hydrogens (tertiary/aromatic N) is 1. The van der Waals surface area contributed by atoms with Crippen LogP contribution in [0.25, 0.3) is 0 Å². The van der Waals surface area contributed by atoms with E-state index in [1.165, 1.54) is 24.3 Å². The summed E-state index contributed by atoms with van der Waals surface area (Å²) in [7, 11) is -4.32. The highest BCUT2D eigenvalue weighted by molar-refractivity contribution is 7.92. The Labute approximate surface area is 146 Å². The molecule has 0 aromatic heterocycles. The Morgan fingerprint density at radius 3 is 2.24 bits per heavy atom. The summed E-state index contributed by atoms with van der Waals surface area (Å²) in [5, 5.41) is 0.277. The van der Waals surface area contributed by atoms with Crippen molar-refractivity contribution in [3.05, 3.63) is 59.1 Å². The first-order valence-electron chi connectivity index (χ1n) is 6.75. The lowest BCUT2D eigenvalue weighted by molar-refractivity contribution is -0.137. The summed E-state index contributed by atoms with van der Waals surface area (Å²) in [6.45, 7) is -0.813. The highest BCUT2D eigenvalue weighted by atomic mass is 35.5. The molecule has 0 heterocycles. The average Bonchev–Trinajstić information content (AvgIpc) is 2.52. The number of hydrogen-bond donors (Lipinski definition) is 1. The van der Waals surface area contributed by atoms with Crippen LogP contribution in [0.3, 0.4) is 0 Å². The zero-order chi connectivity index (χ0) is 18.8. The summed E-state index contributed by atoms with van der Waals surface area (Å²) < 4.78 is 64.6. The summed E-state index contributed by atoms with van der Waals surface area (Å²) in [5.41, 5.74) is 3.68. The van der Waals surface area contributed by atoms with Crippen LogP contribution in [-0.4, -0.2) is 20.9 Å². The molecule has 25 heavy (non-hydrogen) atoms. The predicted octanol–water partition coefficient (Wildman–Crippen LogP) is 3.04. The normalized spacial score (nSPS) is 12.0. The number of benzene rings is 2. The van der Waals surface area contributed by atoms with Crippen LogP contribution in [-0.2, 0) is 21.0 Å². The predicted molar refractivity (Wildman–Crippen MR) is 86.6 cm³/mol. The molecule has 2 aromatic rings. The van der Waals surface area contributed by atoms with Crippen LogP contribution in [0.1, 0.15) is 5.56 Å². The van der Waals surface area contributed by atoms with Gasteiger partial charge >= 0.3 is 6.18 Å². The maximum absolute atomic E-state index is 12.9. The van der Waals surface area contributed by atoms with Gasteiger partial charge in [0.25, 0.3) is 10.0 Å². The molecule has 2 rings (SSSR count). The summed E-state index contributed by atoms with van der Waals surface area (Å²) in [6.07, 6.45) is -4.67. The van der Waals surface area contributed by atoms with Gasteiger partial charge in [0.05, 0.1) is 16.1 Å². The molecule has 0 saturated heterocycles. The quantitative estimate of drug-likeness (QED) is 0.849. The highest BCUT2D eigenvalue weighted by Crippen LogP contribution is 2.33. The van der Waals surface area contributed by atoms with Crippen molar-refractivity contribution in [3.63, 3.8) is 0 Å². The number of alkyl halides is 3. The van der Waals surface area contributed by atoms with E-state index in [1.54, 1.807) is 0 Å². The molecule has 0 aliphatic carbocycles. The van der Waals surface area contributed by atoms with Crippen LogP contribution in [0.2, 0.25) is 5.02 Å². The van der Waals surface area contributed by atoms with Crippen LogP contribution in [0, 0.1) is 0 Å². The molecule has 10 heteroatoms. The molecule has 0 aliphatic heterocycles. The zero-order valence-electron chi connectivity index (χ0n) is 12.5. The molecule has 0 aliphatic rings. The number of rotatable bonds is 5. The minimum atomic E-state index is -4.67. The summed E-state index contributed by atoms with van der Waals surface area (Å²) in [4.78, 5) is 11.0. The fourth-order valence-corrected chi connectivity index (χ4v) is 3.58. The highest BCUT2D eigenvalue weighted by Gasteiger charge is 2.33. The molecule has 134 valence electrons. The third kappa shape index (κ3) is 4.43. The lowest BCUT2D eigenvalue weighted by atomic mass is 10.2. The van der Waals surface area contributed by atoms with Gasteiger partial charge in [0, 0.05) is 5.02 Å². The summed E-state index contributed by atoms with van der Waals surface area (Å²) in [5.74, 6) is -1.02. The Hall–Kier alpha value is -2.26. The van der Waals surface area contributed by atoms with Gasteiger partial charge in [-0.3, -0.25) is 9.10 Å². The molecule has 2 N–H and O–H groups in total. The van der Waals surface area contributed by atoms with E-state index in [-0.39, 0.29) is 15.6 Å². The van der Waals surface area contributed by atoms with Crippen LogP contribution in [0.15, 0.2) is 53.4 Å². The van der Waals surface area contributed by atoms with E-state index in [0.29, 0.717) is 10.4 Å². The second-order valence-corrected chi connectivity index (χ2v) is 7.28. The second-order valence-electron chi connectivity index (χ2n) is 4.98. The van der Waals surface area contributed by atoms with Gasteiger partial charge in [0.1, 0.15) is 6.54 Å². The first-order valence-corrected chi connectivity index (χ1v) is 8.57. The van der Waals surface area contributed by atoms with E-state index in [0.717, 1.165) is 18.2 Å². The van der Waals surface area contributed by atoms with Crippen molar-refractivity contribution in [1.29, 1.82) is 0 Å². The molecular weight excluding hydrogens is 381 g/mol. The SMILES string of the molecule is NC(=O)CN(c1cccc(C(F)(F)F)c1)S(=O)(=O)c1ccc(Cl)cc1. The topological polar surface area (TPSA) is 80.5 Å². The lowest BCUT2D eigenvalue weighted by Crippen LogP contribution is -2.38. The zero-order valence-corrected chi connectivity index (χ0v) is 14.1. The minimum Gasteiger partial charge on any atom is -0.368 e. The smallest absolute Gasteiger partial charge is 0.368 e. The van der Waals surface area contributed by atoms with Gasteiger partial charge in [-0.15, -0.1) is 0 Å². The molecule has 0 unspecified atom stereocenters. The standard InChI is InChI=1S/C15H12ClF3N2O3S/c16-11-4-6-13(7-5-11)25(23,24)21(9-14(20)22)12-3-1-2-10(8-12)15(17,18)19/h1-8H,9H2,(H2,20,22). The number of nitrogens with two attached hydrogens (primary N) is 1. The fourth-order valence-electron chi connectivity index (χ4n) is 2.03. The van der Waals surface area contributed by atoms with Gasteiger partial charge in [-0.25, -0.2) is 8.42 Å². The number of amides is 1. The maximum atomic E-state index is 12.9. The van der Waals surface area contributed by atoms with Gasteiger partial charge < -0.3 is 5.73 Å². The van der Waals surface area contributed by atoms with Crippen molar-refractivity contribution >= 4 is 33.2 Å². The summed E-state index contributed by atoms with van der Waals surface area (Å²) >= 11 is 5.71. The maximum Gasteiger partial charge on any atom is 0.416 e.